The fourth-order valence-electron chi connectivity index (χ4n) is 2.50. The molecular formula is C21H24ClNO4. The van der Waals surface area contributed by atoms with Crippen LogP contribution in [-0.4, -0.2) is 24.6 Å². The number of rotatable bonds is 7. The second kappa shape index (κ2) is 9.42. The van der Waals surface area contributed by atoms with Gasteiger partial charge in [0.2, 0.25) is 0 Å². The Balaban J connectivity index is 2.12. The molecule has 144 valence electrons. The number of anilines is 1. The number of hydrogen-bond donors (Lipinski definition) is 1. The number of amides is 1. The standard InChI is InChI=1S/C21H24ClNO4/c1-5-18(27-19-9-7-8-13(3)14(19)4)20(24)23-17-11-10-15(12-16(17)22)21(25)26-6-2/h7-12,18H,5-6H2,1-4H3,(H,23,24)/t18-/m1/s1. The summed E-state index contributed by atoms with van der Waals surface area (Å²) in [7, 11) is 0. The van der Waals surface area contributed by atoms with Gasteiger partial charge in [0, 0.05) is 0 Å². The number of carbonyl (C=O) groups is 2. The second-order valence-electron chi connectivity index (χ2n) is 6.12. The van der Waals surface area contributed by atoms with Gasteiger partial charge in [-0.15, -0.1) is 0 Å². The van der Waals surface area contributed by atoms with Crippen molar-refractivity contribution in [2.45, 2.75) is 40.2 Å². The van der Waals surface area contributed by atoms with Crippen molar-refractivity contribution in [1.29, 1.82) is 0 Å². The Kier molecular flexibility index (Phi) is 7.25. The maximum Gasteiger partial charge on any atom is 0.338 e. The third-order valence-electron chi connectivity index (χ3n) is 4.23. The third kappa shape index (κ3) is 5.23. The molecule has 1 amide bonds. The van der Waals surface area contributed by atoms with Crippen LogP contribution in [0.4, 0.5) is 5.69 Å². The Hall–Kier alpha value is -2.53. The molecule has 0 spiro atoms. The fraction of sp³-hybridized carbons (Fsp3) is 0.333. The Bertz CT molecular complexity index is 835. The summed E-state index contributed by atoms with van der Waals surface area (Å²) in [5.41, 5.74) is 2.84. The predicted molar refractivity (Wildman–Crippen MR) is 107 cm³/mol. The van der Waals surface area contributed by atoms with Gasteiger partial charge in [0.1, 0.15) is 5.75 Å². The molecule has 6 heteroatoms. The molecule has 1 N–H and O–H groups in total. The van der Waals surface area contributed by atoms with E-state index in [1.807, 2.05) is 39.0 Å². The number of halogens is 1. The van der Waals surface area contributed by atoms with Gasteiger partial charge >= 0.3 is 5.97 Å². The second-order valence-corrected chi connectivity index (χ2v) is 6.52. The molecule has 0 aromatic heterocycles. The average Bonchev–Trinajstić information content (AvgIpc) is 2.64. The van der Waals surface area contributed by atoms with Crippen molar-refractivity contribution in [3.63, 3.8) is 0 Å². The summed E-state index contributed by atoms with van der Waals surface area (Å²) in [5.74, 6) is -0.0769. The molecule has 0 unspecified atom stereocenters. The van der Waals surface area contributed by atoms with E-state index in [0.717, 1.165) is 11.1 Å². The maximum atomic E-state index is 12.6. The van der Waals surface area contributed by atoms with Crippen LogP contribution < -0.4 is 10.1 Å². The molecule has 0 saturated carbocycles. The van der Waals surface area contributed by atoms with E-state index in [9.17, 15) is 9.59 Å². The summed E-state index contributed by atoms with van der Waals surface area (Å²) in [4.78, 5) is 24.4. The van der Waals surface area contributed by atoms with Crippen LogP contribution in [0.25, 0.3) is 0 Å². The van der Waals surface area contributed by atoms with E-state index >= 15 is 0 Å². The number of ether oxygens (including phenoxy) is 2. The first kappa shape index (κ1) is 20.8. The van der Waals surface area contributed by atoms with E-state index in [1.165, 1.54) is 6.07 Å². The molecule has 0 aliphatic carbocycles. The molecule has 0 radical (unpaired) electrons. The summed E-state index contributed by atoms with van der Waals surface area (Å²) in [5, 5.41) is 3.03. The van der Waals surface area contributed by atoms with Crippen LogP contribution in [0.2, 0.25) is 5.02 Å². The van der Waals surface area contributed by atoms with Crippen LogP contribution in [0.5, 0.6) is 5.75 Å². The Morgan fingerprint density at radius 3 is 2.52 bits per heavy atom. The van der Waals surface area contributed by atoms with Gasteiger partial charge in [-0.3, -0.25) is 4.79 Å². The Morgan fingerprint density at radius 1 is 1.15 bits per heavy atom. The van der Waals surface area contributed by atoms with E-state index < -0.39 is 12.1 Å². The number of aryl methyl sites for hydroxylation is 1. The molecule has 27 heavy (non-hydrogen) atoms. The zero-order valence-electron chi connectivity index (χ0n) is 16.0. The van der Waals surface area contributed by atoms with Crippen molar-refractivity contribution < 1.29 is 19.1 Å². The summed E-state index contributed by atoms with van der Waals surface area (Å²) in [6.07, 6.45) is -0.163. The topological polar surface area (TPSA) is 64.6 Å². The van der Waals surface area contributed by atoms with Gasteiger partial charge in [-0.2, -0.15) is 0 Å². The van der Waals surface area contributed by atoms with Gasteiger partial charge in [-0.1, -0.05) is 30.7 Å². The van der Waals surface area contributed by atoms with Crippen molar-refractivity contribution in [2.75, 3.05) is 11.9 Å². The molecule has 0 aliphatic heterocycles. The van der Waals surface area contributed by atoms with E-state index in [1.54, 1.807) is 19.1 Å². The van der Waals surface area contributed by atoms with Gasteiger partial charge in [0.05, 0.1) is 22.9 Å². The highest BCUT2D eigenvalue weighted by Crippen LogP contribution is 2.26. The minimum atomic E-state index is -0.661. The van der Waals surface area contributed by atoms with Crippen LogP contribution >= 0.6 is 11.6 Å². The minimum absolute atomic E-state index is 0.260. The van der Waals surface area contributed by atoms with Gasteiger partial charge in [0.25, 0.3) is 5.91 Å². The molecule has 2 aromatic carbocycles. The highest BCUT2D eigenvalue weighted by Gasteiger charge is 2.21. The van der Waals surface area contributed by atoms with Crippen LogP contribution in [0.3, 0.4) is 0 Å². The van der Waals surface area contributed by atoms with Gasteiger partial charge in [0.15, 0.2) is 6.10 Å². The highest BCUT2D eigenvalue weighted by molar-refractivity contribution is 6.34. The van der Waals surface area contributed by atoms with Crippen LogP contribution in [0.15, 0.2) is 36.4 Å². The number of benzene rings is 2. The average molecular weight is 390 g/mol. The molecule has 0 fully saturated rings. The van der Waals surface area contributed by atoms with Crippen molar-refractivity contribution in [1.82, 2.24) is 0 Å². The lowest BCUT2D eigenvalue weighted by Crippen LogP contribution is -2.32. The monoisotopic (exact) mass is 389 g/mol. The SMILES string of the molecule is CCOC(=O)c1ccc(NC(=O)[C@@H](CC)Oc2cccc(C)c2C)c(Cl)c1. The molecular weight excluding hydrogens is 366 g/mol. The number of hydrogen-bond acceptors (Lipinski definition) is 4. The maximum absolute atomic E-state index is 12.6. The largest absolute Gasteiger partial charge is 0.480 e. The first-order chi connectivity index (χ1) is 12.9. The zero-order chi connectivity index (χ0) is 20.0. The quantitative estimate of drug-likeness (QED) is 0.682. The summed E-state index contributed by atoms with van der Waals surface area (Å²) >= 11 is 6.21. The van der Waals surface area contributed by atoms with E-state index in [0.29, 0.717) is 23.4 Å². The van der Waals surface area contributed by atoms with Crippen molar-refractivity contribution in [2.24, 2.45) is 0 Å². The Labute approximate surface area is 164 Å². The summed E-state index contributed by atoms with van der Waals surface area (Å²) in [6.45, 7) is 7.84. The van der Waals surface area contributed by atoms with E-state index in [-0.39, 0.29) is 17.5 Å². The summed E-state index contributed by atoms with van der Waals surface area (Å²) < 4.78 is 10.9. The highest BCUT2D eigenvalue weighted by atomic mass is 35.5. The first-order valence-electron chi connectivity index (χ1n) is 8.87. The predicted octanol–water partition coefficient (Wildman–Crippen LogP) is 4.93. The molecule has 0 heterocycles. The lowest BCUT2D eigenvalue weighted by atomic mass is 10.1. The number of esters is 1. The molecule has 2 rings (SSSR count). The van der Waals surface area contributed by atoms with Gasteiger partial charge in [-0.05, 0) is 62.6 Å². The Morgan fingerprint density at radius 2 is 1.89 bits per heavy atom. The van der Waals surface area contributed by atoms with Gasteiger partial charge < -0.3 is 14.8 Å². The molecule has 0 aliphatic rings. The number of nitrogens with one attached hydrogen (secondary N) is 1. The zero-order valence-corrected chi connectivity index (χ0v) is 16.7. The normalized spacial score (nSPS) is 11.6. The van der Waals surface area contributed by atoms with Crippen LogP contribution in [-0.2, 0) is 9.53 Å². The smallest absolute Gasteiger partial charge is 0.338 e. The lowest BCUT2D eigenvalue weighted by molar-refractivity contribution is -0.122. The van der Waals surface area contributed by atoms with E-state index in [2.05, 4.69) is 5.32 Å². The molecule has 0 bridgehead atoms. The fourth-order valence-corrected chi connectivity index (χ4v) is 2.73. The lowest BCUT2D eigenvalue weighted by Gasteiger charge is -2.19. The van der Waals surface area contributed by atoms with Crippen LogP contribution in [0, 0.1) is 13.8 Å². The first-order valence-corrected chi connectivity index (χ1v) is 9.25. The molecule has 5 nitrogen and oxygen atoms in total. The van der Waals surface area contributed by atoms with E-state index in [4.69, 9.17) is 21.1 Å². The molecule has 1 atom stereocenters. The third-order valence-corrected chi connectivity index (χ3v) is 4.54. The summed E-state index contributed by atoms with van der Waals surface area (Å²) in [6, 6.07) is 10.4. The minimum Gasteiger partial charge on any atom is -0.480 e. The van der Waals surface area contributed by atoms with Crippen molar-refractivity contribution >= 4 is 29.2 Å². The molecule has 2 aromatic rings. The number of carbonyl (C=O) groups excluding carboxylic acids is 2. The van der Waals surface area contributed by atoms with Crippen molar-refractivity contribution in [3.8, 4) is 5.75 Å². The van der Waals surface area contributed by atoms with Crippen LogP contribution in [0.1, 0.15) is 41.8 Å². The van der Waals surface area contributed by atoms with Crippen molar-refractivity contribution in [3.05, 3.63) is 58.1 Å². The molecule has 0 saturated heterocycles. The van der Waals surface area contributed by atoms with Gasteiger partial charge in [-0.25, -0.2) is 4.79 Å².